The highest BCUT2D eigenvalue weighted by atomic mass is 16.2. The first kappa shape index (κ1) is 9.65. The van der Waals surface area contributed by atoms with Crippen LogP contribution in [0.15, 0.2) is 4.99 Å². The Hall–Kier alpha value is -1.35. The minimum atomic E-state index is -0.244. The average molecular weight is 157 g/mol. The highest BCUT2D eigenvalue weighted by Gasteiger charge is 2.02. The maximum Gasteiger partial charge on any atom is 0.318 e. The topological polar surface area (TPSA) is 61.8 Å². The van der Waals surface area contributed by atoms with Gasteiger partial charge in [-0.15, -0.1) is 0 Å². The van der Waals surface area contributed by atoms with Crippen molar-refractivity contribution < 1.29 is 9.59 Å². The average Bonchev–Trinajstić information content (AvgIpc) is 2.03. The van der Waals surface area contributed by atoms with Crippen LogP contribution in [0, 0.1) is 0 Å². The van der Waals surface area contributed by atoms with E-state index in [0.717, 1.165) is 0 Å². The summed E-state index contributed by atoms with van der Waals surface area (Å²) in [4.78, 5) is 25.1. The monoisotopic (exact) mass is 157 g/mol. The van der Waals surface area contributed by atoms with E-state index < -0.39 is 0 Å². The predicted octanol–water partition coefficient (Wildman–Crippen LogP) is -0.0590. The van der Waals surface area contributed by atoms with Crippen molar-refractivity contribution in [2.24, 2.45) is 4.99 Å². The van der Waals surface area contributed by atoms with Gasteiger partial charge in [-0.3, -0.25) is 0 Å². The molecule has 0 aliphatic heterocycles. The van der Waals surface area contributed by atoms with Gasteiger partial charge in [0.15, 0.2) is 0 Å². The molecular formula is C6H11N3O2. The van der Waals surface area contributed by atoms with E-state index in [1.807, 2.05) is 6.92 Å². The van der Waals surface area contributed by atoms with Crippen LogP contribution in [0.1, 0.15) is 6.92 Å². The first-order valence-corrected chi connectivity index (χ1v) is 3.25. The van der Waals surface area contributed by atoms with Gasteiger partial charge in [0.25, 0.3) is 0 Å². The second kappa shape index (κ2) is 5.44. The first-order valence-electron chi connectivity index (χ1n) is 3.25. The number of carbonyl (C=O) groups is 1. The number of carbonyl (C=O) groups excluding carboxylic acids is 2. The van der Waals surface area contributed by atoms with Gasteiger partial charge in [0, 0.05) is 13.6 Å². The summed E-state index contributed by atoms with van der Waals surface area (Å²) in [6, 6.07) is -0.244. The molecule has 0 spiro atoms. The van der Waals surface area contributed by atoms with Crippen molar-refractivity contribution in [2.75, 3.05) is 20.3 Å². The Balaban J connectivity index is 3.60. The molecule has 1 N–H and O–H groups in total. The van der Waals surface area contributed by atoms with E-state index in [1.54, 1.807) is 7.05 Å². The smallest absolute Gasteiger partial charge is 0.318 e. The molecule has 5 heteroatoms. The van der Waals surface area contributed by atoms with Crippen LogP contribution in [0.25, 0.3) is 0 Å². The standard InChI is InChI=1S/C6H11N3O2/c1-3-9(2)6(11)8-4-7-5-10/h3-4H2,1-2H3,(H,8,11). The zero-order valence-corrected chi connectivity index (χ0v) is 6.63. The highest BCUT2D eigenvalue weighted by Crippen LogP contribution is 1.80. The number of nitrogens with zero attached hydrogens (tertiary/aromatic N) is 2. The number of rotatable bonds is 3. The van der Waals surface area contributed by atoms with Crippen LogP contribution < -0.4 is 5.32 Å². The van der Waals surface area contributed by atoms with Crippen LogP contribution in [0.2, 0.25) is 0 Å². The lowest BCUT2D eigenvalue weighted by molar-refractivity contribution is 0.211. The number of hydrogen-bond acceptors (Lipinski definition) is 3. The minimum absolute atomic E-state index is 0.00727. The van der Waals surface area contributed by atoms with Gasteiger partial charge in [0.2, 0.25) is 6.08 Å². The number of hydrogen-bond donors (Lipinski definition) is 1. The number of amides is 2. The van der Waals surface area contributed by atoms with Crippen LogP contribution in [-0.2, 0) is 4.79 Å². The fourth-order valence-corrected chi connectivity index (χ4v) is 0.418. The van der Waals surface area contributed by atoms with Crippen molar-refractivity contribution in [3.05, 3.63) is 0 Å². The third kappa shape index (κ3) is 4.11. The van der Waals surface area contributed by atoms with Gasteiger partial charge < -0.3 is 10.2 Å². The first-order chi connectivity index (χ1) is 5.22. The highest BCUT2D eigenvalue weighted by molar-refractivity contribution is 5.73. The number of urea groups is 1. The summed E-state index contributed by atoms with van der Waals surface area (Å²) < 4.78 is 0. The lowest BCUT2D eigenvalue weighted by Crippen LogP contribution is -2.36. The molecule has 0 aliphatic carbocycles. The van der Waals surface area contributed by atoms with Crippen LogP contribution >= 0.6 is 0 Å². The van der Waals surface area contributed by atoms with E-state index in [2.05, 4.69) is 10.3 Å². The molecule has 0 aromatic carbocycles. The van der Waals surface area contributed by atoms with Crippen LogP contribution in [-0.4, -0.2) is 37.3 Å². The molecule has 0 atom stereocenters. The molecule has 0 aromatic rings. The van der Waals surface area contributed by atoms with Crippen LogP contribution in [0.5, 0.6) is 0 Å². The molecule has 0 saturated heterocycles. The van der Waals surface area contributed by atoms with Gasteiger partial charge in [-0.05, 0) is 6.92 Å². The van der Waals surface area contributed by atoms with Crippen molar-refractivity contribution in [2.45, 2.75) is 6.92 Å². The predicted molar refractivity (Wildman–Crippen MR) is 39.8 cm³/mol. The van der Waals surface area contributed by atoms with Crippen molar-refractivity contribution in [3.63, 3.8) is 0 Å². The van der Waals surface area contributed by atoms with E-state index in [0.29, 0.717) is 6.54 Å². The summed E-state index contributed by atoms with van der Waals surface area (Å²) in [5.74, 6) is 0. The fraction of sp³-hybridized carbons (Fsp3) is 0.667. The third-order valence-corrected chi connectivity index (χ3v) is 1.19. The molecule has 62 valence electrons. The Morgan fingerprint density at radius 2 is 2.36 bits per heavy atom. The Bertz CT molecular complexity index is 175. The Morgan fingerprint density at radius 3 is 2.82 bits per heavy atom. The lowest BCUT2D eigenvalue weighted by Gasteiger charge is -2.13. The Labute approximate surface area is 65.1 Å². The van der Waals surface area contributed by atoms with Gasteiger partial charge in [-0.1, -0.05) is 0 Å². The SMILES string of the molecule is CCN(C)C(=O)NCN=C=O. The summed E-state index contributed by atoms with van der Waals surface area (Å²) in [6.07, 6.45) is 1.32. The number of nitrogens with one attached hydrogen (secondary N) is 1. The molecule has 5 nitrogen and oxygen atoms in total. The summed E-state index contributed by atoms with van der Waals surface area (Å²) in [5.41, 5.74) is 0. The van der Waals surface area contributed by atoms with E-state index in [4.69, 9.17) is 0 Å². The van der Waals surface area contributed by atoms with Crippen molar-refractivity contribution >= 4 is 12.1 Å². The third-order valence-electron chi connectivity index (χ3n) is 1.19. The van der Waals surface area contributed by atoms with Crippen molar-refractivity contribution in [1.82, 2.24) is 10.2 Å². The van der Waals surface area contributed by atoms with Crippen LogP contribution in [0.3, 0.4) is 0 Å². The molecule has 0 unspecified atom stereocenters. The fourth-order valence-electron chi connectivity index (χ4n) is 0.418. The zero-order valence-electron chi connectivity index (χ0n) is 6.63. The summed E-state index contributed by atoms with van der Waals surface area (Å²) in [5, 5.41) is 2.39. The number of isocyanates is 1. The Morgan fingerprint density at radius 1 is 1.73 bits per heavy atom. The van der Waals surface area contributed by atoms with E-state index in [-0.39, 0.29) is 12.7 Å². The van der Waals surface area contributed by atoms with Gasteiger partial charge in [0.1, 0.15) is 6.67 Å². The number of aliphatic imine (C=N–C) groups is 1. The van der Waals surface area contributed by atoms with E-state index in [9.17, 15) is 9.59 Å². The van der Waals surface area contributed by atoms with Gasteiger partial charge in [0.05, 0.1) is 0 Å². The van der Waals surface area contributed by atoms with Gasteiger partial charge >= 0.3 is 6.03 Å². The molecule has 0 aliphatic rings. The summed E-state index contributed by atoms with van der Waals surface area (Å²) in [7, 11) is 1.65. The lowest BCUT2D eigenvalue weighted by atomic mass is 10.6. The second-order valence-electron chi connectivity index (χ2n) is 1.90. The molecule has 0 rings (SSSR count). The summed E-state index contributed by atoms with van der Waals surface area (Å²) >= 11 is 0. The zero-order chi connectivity index (χ0) is 8.69. The largest absolute Gasteiger partial charge is 0.328 e. The molecule has 0 bridgehead atoms. The molecule has 11 heavy (non-hydrogen) atoms. The van der Waals surface area contributed by atoms with E-state index in [1.165, 1.54) is 11.0 Å². The van der Waals surface area contributed by atoms with Crippen LogP contribution in [0.4, 0.5) is 4.79 Å². The molecule has 0 saturated carbocycles. The normalized spacial score (nSPS) is 8.18. The van der Waals surface area contributed by atoms with Gasteiger partial charge in [-0.2, -0.15) is 4.99 Å². The molecular weight excluding hydrogens is 146 g/mol. The minimum Gasteiger partial charge on any atom is -0.328 e. The molecule has 0 heterocycles. The Kier molecular flexibility index (Phi) is 4.77. The molecule has 0 aromatic heterocycles. The second-order valence-corrected chi connectivity index (χ2v) is 1.90. The summed E-state index contributed by atoms with van der Waals surface area (Å²) in [6.45, 7) is 2.46. The van der Waals surface area contributed by atoms with Gasteiger partial charge in [-0.25, -0.2) is 9.59 Å². The molecule has 0 fully saturated rings. The molecule has 0 radical (unpaired) electrons. The van der Waals surface area contributed by atoms with Crippen molar-refractivity contribution in [3.8, 4) is 0 Å². The quantitative estimate of drug-likeness (QED) is 0.461. The maximum atomic E-state index is 10.9. The van der Waals surface area contributed by atoms with E-state index >= 15 is 0 Å². The maximum absolute atomic E-state index is 10.9. The molecule has 2 amide bonds. The van der Waals surface area contributed by atoms with Crippen molar-refractivity contribution in [1.29, 1.82) is 0 Å².